The molecule has 0 spiro atoms. The van der Waals surface area contributed by atoms with Crippen molar-refractivity contribution in [3.8, 4) is 5.75 Å². The van der Waals surface area contributed by atoms with Crippen LogP contribution in [0, 0.1) is 0 Å². The minimum atomic E-state index is 0.172. The number of methoxy groups -OCH3 is 1. The molecule has 0 N–H and O–H groups in total. The molecule has 2 aromatic rings. The second kappa shape index (κ2) is 4.16. The van der Waals surface area contributed by atoms with Gasteiger partial charge in [0, 0.05) is 11.6 Å². The fourth-order valence-electron chi connectivity index (χ4n) is 2.84. The molecule has 0 aliphatic heterocycles. The summed E-state index contributed by atoms with van der Waals surface area (Å²) >= 11 is 6.05. The molecule has 1 fully saturated rings. The number of rotatable bonds is 3. The Morgan fingerprint density at radius 3 is 2.78 bits per heavy atom. The number of imidazole rings is 1. The first kappa shape index (κ1) is 11.8. The Morgan fingerprint density at radius 1 is 1.44 bits per heavy atom. The molecular formula is C14H17ClN2O. The zero-order valence-corrected chi connectivity index (χ0v) is 11.5. The predicted molar refractivity (Wildman–Crippen MR) is 73.3 cm³/mol. The summed E-state index contributed by atoms with van der Waals surface area (Å²) in [4.78, 5) is 4.63. The zero-order valence-electron chi connectivity index (χ0n) is 10.7. The van der Waals surface area contributed by atoms with Crippen LogP contribution in [0.15, 0.2) is 18.2 Å². The molecule has 0 amide bonds. The van der Waals surface area contributed by atoms with Gasteiger partial charge in [-0.05, 0) is 38.3 Å². The first-order valence-electron chi connectivity index (χ1n) is 6.30. The summed E-state index contributed by atoms with van der Waals surface area (Å²) < 4.78 is 7.62. The van der Waals surface area contributed by atoms with Crippen molar-refractivity contribution in [2.45, 2.75) is 37.6 Å². The third-order valence-corrected chi connectivity index (χ3v) is 4.26. The van der Waals surface area contributed by atoms with Crippen LogP contribution < -0.4 is 4.74 Å². The van der Waals surface area contributed by atoms with E-state index in [1.54, 1.807) is 7.11 Å². The quantitative estimate of drug-likeness (QED) is 0.791. The Hall–Kier alpha value is -1.22. The highest BCUT2D eigenvalue weighted by Crippen LogP contribution is 2.42. The number of benzene rings is 1. The summed E-state index contributed by atoms with van der Waals surface area (Å²) in [5.41, 5.74) is 2.30. The average Bonchev–Trinajstić information content (AvgIpc) is 2.73. The van der Waals surface area contributed by atoms with Gasteiger partial charge in [0.25, 0.3) is 0 Å². The molecule has 1 saturated carbocycles. The van der Waals surface area contributed by atoms with Crippen molar-refractivity contribution >= 4 is 22.6 Å². The molecule has 1 aromatic carbocycles. The van der Waals surface area contributed by atoms with Crippen LogP contribution in [-0.4, -0.2) is 16.7 Å². The minimum absolute atomic E-state index is 0.172. The summed E-state index contributed by atoms with van der Waals surface area (Å²) in [7, 11) is 1.69. The molecule has 18 heavy (non-hydrogen) atoms. The Labute approximate surface area is 112 Å². The van der Waals surface area contributed by atoms with Crippen molar-refractivity contribution in [2.75, 3.05) is 7.11 Å². The Bertz CT molecular complexity index is 587. The van der Waals surface area contributed by atoms with E-state index >= 15 is 0 Å². The van der Waals surface area contributed by atoms with Gasteiger partial charge in [-0.2, -0.15) is 0 Å². The molecule has 0 atom stereocenters. The van der Waals surface area contributed by atoms with Crippen LogP contribution in [0.25, 0.3) is 11.0 Å². The Kier molecular flexibility index (Phi) is 2.74. The van der Waals surface area contributed by atoms with Crippen molar-refractivity contribution in [2.24, 2.45) is 0 Å². The highest BCUT2D eigenvalue weighted by molar-refractivity contribution is 6.16. The van der Waals surface area contributed by atoms with Crippen molar-refractivity contribution in [1.29, 1.82) is 0 Å². The average molecular weight is 265 g/mol. The molecule has 1 aliphatic carbocycles. The number of aromatic nitrogens is 2. The van der Waals surface area contributed by atoms with Crippen molar-refractivity contribution in [3.63, 3.8) is 0 Å². The van der Waals surface area contributed by atoms with Gasteiger partial charge in [0.15, 0.2) is 0 Å². The van der Waals surface area contributed by atoms with Gasteiger partial charge in [-0.25, -0.2) is 4.98 Å². The van der Waals surface area contributed by atoms with E-state index < -0.39 is 0 Å². The van der Waals surface area contributed by atoms with Gasteiger partial charge in [-0.3, -0.25) is 0 Å². The van der Waals surface area contributed by atoms with Gasteiger partial charge in [0.05, 0.1) is 24.0 Å². The SMILES string of the molecule is COc1ccc2nc(CCl)n(C3(C)CCC3)c2c1. The van der Waals surface area contributed by atoms with Gasteiger partial charge >= 0.3 is 0 Å². The smallest absolute Gasteiger partial charge is 0.125 e. The molecule has 96 valence electrons. The monoisotopic (exact) mass is 264 g/mol. The second-order valence-corrected chi connectivity index (χ2v) is 5.47. The fraction of sp³-hybridized carbons (Fsp3) is 0.500. The van der Waals surface area contributed by atoms with Gasteiger partial charge < -0.3 is 9.30 Å². The Balaban J connectivity index is 2.25. The maximum atomic E-state index is 6.05. The lowest BCUT2D eigenvalue weighted by atomic mass is 9.78. The summed E-state index contributed by atoms with van der Waals surface area (Å²) in [6, 6.07) is 6.01. The zero-order chi connectivity index (χ0) is 12.8. The number of fused-ring (bicyclic) bond motifs is 1. The number of ether oxygens (including phenoxy) is 1. The highest BCUT2D eigenvalue weighted by atomic mass is 35.5. The van der Waals surface area contributed by atoms with Gasteiger partial charge in [-0.15, -0.1) is 11.6 Å². The van der Waals surface area contributed by atoms with E-state index in [2.05, 4.69) is 22.5 Å². The van der Waals surface area contributed by atoms with Crippen molar-refractivity contribution < 1.29 is 4.74 Å². The standard InChI is InChI=1S/C14H17ClN2O/c1-14(6-3-7-14)17-12-8-10(18-2)4-5-11(12)16-13(17)9-15/h4-5,8H,3,6-7,9H2,1-2H3. The van der Waals surface area contributed by atoms with E-state index in [1.165, 1.54) is 19.3 Å². The number of hydrogen-bond donors (Lipinski definition) is 0. The number of alkyl halides is 1. The van der Waals surface area contributed by atoms with Crippen LogP contribution in [0.2, 0.25) is 0 Å². The largest absolute Gasteiger partial charge is 0.497 e. The predicted octanol–water partition coefficient (Wildman–Crippen LogP) is 3.68. The van der Waals surface area contributed by atoms with Crippen LogP contribution in [0.4, 0.5) is 0 Å². The Morgan fingerprint density at radius 2 is 2.22 bits per heavy atom. The van der Waals surface area contributed by atoms with E-state index in [1.807, 2.05) is 12.1 Å². The molecule has 0 unspecified atom stereocenters. The van der Waals surface area contributed by atoms with Gasteiger partial charge in [0.1, 0.15) is 11.6 Å². The molecule has 4 heteroatoms. The maximum absolute atomic E-state index is 6.05. The molecule has 0 radical (unpaired) electrons. The molecule has 0 bridgehead atoms. The first-order valence-corrected chi connectivity index (χ1v) is 6.83. The number of halogens is 1. The van der Waals surface area contributed by atoms with Crippen molar-refractivity contribution in [3.05, 3.63) is 24.0 Å². The molecule has 1 heterocycles. The van der Waals surface area contributed by atoms with E-state index in [0.29, 0.717) is 5.88 Å². The fourth-order valence-corrected chi connectivity index (χ4v) is 3.02. The highest BCUT2D eigenvalue weighted by Gasteiger charge is 2.36. The molecular weight excluding hydrogens is 248 g/mol. The van der Waals surface area contributed by atoms with Gasteiger partial charge in [0.2, 0.25) is 0 Å². The summed E-state index contributed by atoms with van der Waals surface area (Å²) in [6.45, 7) is 2.28. The van der Waals surface area contributed by atoms with E-state index in [0.717, 1.165) is 22.6 Å². The molecule has 0 saturated heterocycles. The van der Waals surface area contributed by atoms with Crippen LogP contribution >= 0.6 is 11.6 Å². The van der Waals surface area contributed by atoms with Crippen LogP contribution in [-0.2, 0) is 11.4 Å². The summed E-state index contributed by atoms with van der Waals surface area (Å²) in [6.07, 6.45) is 3.67. The molecule has 1 aliphatic rings. The summed E-state index contributed by atoms with van der Waals surface area (Å²) in [5.74, 6) is 2.28. The summed E-state index contributed by atoms with van der Waals surface area (Å²) in [5, 5.41) is 0. The first-order chi connectivity index (χ1) is 8.68. The van der Waals surface area contributed by atoms with Crippen LogP contribution in [0.5, 0.6) is 5.75 Å². The lowest BCUT2D eigenvalue weighted by Crippen LogP contribution is -2.38. The van der Waals surface area contributed by atoms with E-state index in [4.69, 9.17) is 16.3 Å². The third kappa shape index (κ3) is 1.61. The van der Waals surface area contributed by atoms with E-state index in [9.17, 15) is 0 Å². The lowest BCUT2D eigenvalue weighted by molar-refractivity contribution is 0.170. The normalized spacial score (nSPS) is 17.7. The van der Waals surface area contributed by atoms with E-state index in [-0.39, 0.29) is 5.54 Å². The van der Waals surface area contributed by atoms with Crippen LogP contribution in [0.3, 0.4) is 0 Å². The van der Waals surface area contributed by atoms with Crippen LogP contribution in [0.1, 0.15) is 32.0 Å². The molecule has 3 nitrogen and oxygen atoms in total. The number of nitrogens with zero attached hydrogens (tertiary/aromatic N) is 2. The lowest BCUT2D eigenvalue weighted by Gasteiger charge is -2.41. The molecule has 1 aromatic heterocycles. The topological polar surface area (TPSA) is 27.1 Å². The minimum Gasteiger partial charge on any atom is -0.497 e. The van der Waals surface area contributed by atoms with Crippen molar-refractivity contribution in [1.82, 2.24) is 9.55 Å². The maximum Gasteiger partial charge on any atom is 0.125 e. The second-order valence-electron chi connectivity index (χ2n) is 5.20. The number of hydrogen-bond acceptors (Lipinski definition) is 2. The van der Waals surface area contributed by atoms with Gasteiger partial charge in [-0.1, -0.05) is 0 Å². The molecule has 3 rings (SSSR count). The third-order valence-electron chi connectivity index (χ3n) is 4.02.